The van der Waals surface area contributed by atoms with Crippen molar-refractivity contribution in [2.45, 2.75) is 12.3 Å². The van der Waals surface area contributed by atoms with Crippen LogP contribution in [0.4, 0.5) is 0 Å². The van der Waals surface area contributed by atoms with Gasteiger partial charge < -0.3 is 14.5 Å². The van der Waals surface area contributed by atoms with E-state index in [-0.39, 0.29) is 5.92 Å². The fraction of sp³-hybridized carbons (Fsp3) is 0.348. The van der Waals surface area contributed by atoms with Crippen molar-refractivity contribution in [1.29, 1.82) is 0 Å². The summed E-state index contributed by atoms with van der Waals surface area (Å²) in [5, 5.41) is 0. The quantitative estimate of drug-likeness (QED) is 0.788. The van der Waals surface area contributed by atoms with Gasteiger partial charge in [0.25, 0.3) is 0 Å². The van der Waals surface area contributed by atoms with Crippen LogP contribution in [0.15, 0.2) is 72.9 Å². The summed E-state index contributed by atoms with van der Waals surface area (Å²) in [7, 11) is 0. The topological polar surface area (TPSA) is 32.8 Å². The van der Waals surface area contributed by atoms with Gasteiger partial charge in [-0.1, -0.05) is 55.1 Å². The molecule has 2 fully saturated rings. The Labute approximate surface area is 161 Å². The van der Waals surface area contributed by atoms with Crippen LogP contribution >= 0.6 is 0 Å². The first-order valence-corrected chi connectivity index (χ1v) is 9.66. The summed E-state index contributed by atoms with van der Waals surface area (Å²) >= 11 is 0. The highest BCUT2D eigenvalue weighted by Gasteiger charge is 2.45. The molecule has 1 aliphatic heterocycles. The third-order valence-corrected chi connectivity index (χ3v) is 5.52. The van der Waals surface area contributed by atoms with Gasteiger partial charge in [-0.2, -0.15) is 0 Å². The van der Waals surface area contributed by atoms with Gasteiger partial charge in [0.05, 0.1) is 0 Å². The van der Waals surface area contributed by atoms with E-state index in [9.17, 15) is 4.79 Å². The van der Waals surface area contributed by atoms with Crippen LogP contribution in [0.2, 0.25) is 0 Å². The minimum absolute atomic E-state index is 0.170. The lowest BCUT2D eigenvalue weighted by Crippen LogP contribution is -2.49. The number of piperazine rings is 1. The van der Waals surface area contributed by atoms with E-state index in [4.69, 9.17) is 4.74 Å². The predicted molar refractivity (Wildman–Crippen MR) is 107 cm³/mol. The van der Waals surface area contributed by atoms with Crippen LogP contribution in [0.5, 0.6) is 5.75 Å². The molecule has 1 aliphatic carbocycles. The van der Waals surface area contributed by atoms with Crippen molar-refractivity contribution in [3.05, 3.63) is 78.5 Å². The van der Waals surface area contributed by atoms with Crippen LogP contribution in [-0.4, -0.2) is 48.5 Å². The lowest BCUT2D eigenvalue weighted by atomic mass is 10.1. The standard InChI is InChI=1S/C23H26N2O2/c1-18(17-27-20-10-6-3-7-11-20)24-12-14-25(15-13-24)23(26)22-16-21(22)19-8-4-2-5-9-19/h2-11,21-22H,1,12-17H2/t21-,22+/m0/s1. The van der Waals surface area contributed by atoms with Crippen LogP contribution in [0.25, 0.3) is 0 Å². The van der Waals surface area contributed by atoms with Gasteiger partial charge in [-0.05, 0) is 30.0 Å². The minimum Gasteiger partial charge on any atom is -0.487 e. The van der Waals surface area contributed by atoms with Crippen LogP contribution in [-0.2, 0) is 4.79 Å². The van der Waals surface area contributed by atoms with Crippen molar-refractivity contribution in [2.24, 2.45) is 5.92 Å². The maximum atomic E-state index is 12.8. The van der Waals surface area contributed by atoms with Gasteiger partial charge in [0, 0.05) is 37.8 Å². The predicted octanol–water partition coefficient (Wildman–Crippen LogP) is 3.53. The second-order valence-electron chi connectivity index (χ2n) is 7.34. The molecular formula is C23H26N2O2. The molecule has 2 aliphatic rings. The first-order chi connectivity index (χ1) is 13.2. The van der Waals surface area contributed by atoms with Gasteiger partial charge in [-0.25, -0.2) is 0 Å². The van der Waals surface area contributed by atoms with Gasteiger partial charge in [0.1, 0.15) is 12.4 Å². The number of para-hydroxylation sites is 1. The molecule has 0 N–H and O–H groups in total. The summed E-state index contributed by atoms with van der Waals surface area (Å²) < 4.78 is 5.78. The monoisotopic (exact) mass is 362 g/mol. The fourth-order valence-electron chi connectivity index (χ4n) is 3.79. The summed E-state index contributed by atoms with van der Waals surface area (Å²) in [6, 6.07) is 20.2. The Morgan fingerprint density at radius 1 is 0.926 bits per heavy atom. The number of nitrogens with zero attached hydrogens (tertiary/aromatic N) is 2. The largest absolute Gasteiger partial charge is 0.487 e. The Morgan fingerprint density at radius 3 is 2.19 bits per heavy atom. The first kappa shape index (κ1) is 17.7. The summed E-state index contributed by atoms with van der Waals surface area (Å²) in [6.07, 6.45) is 0.987. The molecule has 1 amide bonds. The molecule has 1 saturated carbocycles. The number of hydrogen-bond acceptors (Lipinski definition) is 3. The van der Waals surface area contributed by atoms with E-state index in [1.165, 1.54) is 5.56 Å². The SMILES string of the molecule is C=C(COc1ccccc1)N1CCN(C(=O)[C@@H]2C[C@H]2c2ccccc2)CC1. The normalized spacial score (nSPS) is 21.6. The number of carbonyl (C=O) groups excluding carboxylic acids is 1. The number of amides is 1. The van der Waals surface area contributed by atoms with Crippen LogP contribution in [0, 0.1) is 5.92 Å². The zero-order valence-electron chi connectivity index (χ0n) is 15.6. The summed E-state index contributed by atoms with van der Waals surface area (Å²) in [6.45, 7) is 7.82. The van der Waals surface area contributed by atoms with Crippen molar-refractivity contribution in [3.8, 4) is 5.75 Å². The minimum atomic E-state index is 0.170. The molecule has 140 valence electrons. The Bertz CT molecular complexity index is 783. The van der Waals surface area contributed by atoms with E-state index in [0.29, 0.717) is 18.4 Å². The molecular weight excluding hydrogens is 336 g/mol. The van der Waals surface area contributed by atoms with E-state index in [1.54, 1.807) is 0 Å². The molecule has 2 aromatic carbocycles. The third-order valence-electron chi connectivity index (χ3n) is 5.52. The molecule has 0 spiro atoms. The molecule has 2 aromatic rings. The number of carbonyl (C=O) groups is 1. The van der Waals surface area contributed by atoms with Crippen molar-refractivity contribution in [1.82, 2.24) is 9.80 Å². The second kappa shape index (κ2) is 7.87. The van der Waals surface area contributed by atoms with Gasteiger partial charge in [0.2, 0.25) is 5.91 Å². The van der Waals surface area contributed by atoms with Gasteiger partial charge in [-0.3, -0.25) is 4.79 Å². The first-order valence-electron chi connectivity index (χ1n) is 9.66. The molecule has 1 heterocycles. The van der Waals surface area contributed by atoms with Gasteiger partial charge in [-0.15, -0.1) is 0 Å². The van der Waals surface area contributed by atoms with Crippen molar-refractivity contribution in [2.75, 3.05) is 32.8 Å². The van der Waals surface area contributed by atoms with E-state index in [2.05, 4.69) is 35.7 Å². The van der Waals surface area contributed by atoms with Gasteiger partial charge >= 0.3 is 0 Å². The highest BCUT2D eigenvalue weighted by molar-refractivity contribution is 5.83. The lowest BCUT2D eigenvalue weighted by molar-refractivity contribution is -0.134. The zero-order chi connectivity index (χ0) is 18.6. The summed E-state index contributed by atoms with van der Waals surface area (Å²) in [4.78, 5) is 17.0. The average molecular weight is 362 g/mol. The van der Waals surface area contributed by atoms with Crippen LogP contribution < -0.4 is 4.74 Å². The molecule has 4 nitrogen and oxygen atoms in total. The summed E-state index contributed by atoms with van der Waals surface area (Å²) in [5.74, 6) is 1.75. The molecule has 1 saturated heterocycles. The highest BCUT2D eigenvalue weighted by atomic mass is 16.5. The Kier molecular flexibility index (Phi) is 5.14. The molecule has 27 heavy (non-hydrogen) atoms. The fourth-order valence-corrected chi connectivity index (χ4v) is 3.79. The molecule has 0 aromatic heterocycles. The molecule has 2 atom stereocenters. The second-order valence-corrected chi connectivity index (χ2v) is 7.34. The third kappa shape index (κ3) is 4.16. The Morgan fingerprint density at radius 2 is 1.52 bits per heavy atom. The maximum Gasteiger partial charge on any atom is 0.226 e. The van der Waals surface area contributed by atoms with Crippen molar-refractivity contribution < 1.29 is 9.53 Å². The number of rotatable bonds is 6. The molecule has 0 bridgehead atoms. The Balaban J connectivity index is 1.23. The van der Waals surface area contributed by atoms with Crippen LogP contribution in [0.1, 0.15) is 17.9 Å². The van der Waals surface area contributed by atoms with Crippen molar-refractivity contribution >= 4 is 5.91 Å². The van der Waals surface area contributed by atoms with E-state index >= 15 is 0 Å². The smallest absolute Gasteiger partial charge is 0.226 e. The lowest BCUT2D eigenvalue weighted by Gasteiger charge is -2.37. The number of hydrogen-bond donors (Lipinski definition) is 0. The highest BCUT2D eigenvalue weighted by Crippen LogP contribution is 2.48. The number of ether oxygens (including phenoxy) is 1. The summed E-state index contributed by atoms with van der Waals surface area (Å²) in [5.41, 5.74) is 2.26. The molecule has 4 heteroatoms. The Hall–Kier alpha value is -2.75. The van der Waals surface area contributed by atoms with Gasteiger partial charge in [0.15, 0.2) is 0 Å². The molecule has 0 radical (unpaired) electrons. The van der Waals surface area contributed by atoms with Crippen molar-refractivity contribution in [3.63, 3.8) is 0 Å². The van der Waals surface area contributed by atoms with E-state index < -0.39 is 0 Å². The number of benzene rings is 2. The van der Waals surface area contributed by atoms with Crippen LogP contribution in [0.3, 0.4) is 0 Å². The zero-order valence-corrected chi connectivity index (χ0v) is 15.6. The van der Waals surface area contributed by atoms with E-state index in [1.807, 2.05) is 41.3 Å². The average Bonchev–Trinajstić information content (AvgIpc) is 3.54. The maximum absolute atomic E-state index is 12.8. The van der Waals surface area contributed by atoms with E-state index in [0.717, 1.165) is 44.0 Å². The molecule has 4 rings (SSSR count). The molecule has 0 unspecified atom stereocenters.